The minimum absolute atomic E-state index is 0.0341. The van der Waals surface area contributed by atoms with E-state index >= 15 is 0 Å². The second-order valence-electron chi connectivity index (χ2n) is 3.47. The van der Waals surface area contributed by atoms with E-state index in [0.29, 0.717) is 12.0 Å². The second-order valence-corrected chi connectivity index (χ2v) is 3.74. The number of carbonyl (C=O) groups excluding carboxylic acids is 1. The predicted octanol–water partition coefficient (Wildman–Crippen LogP) is 1.30. The summed E-state index contributed by atoms with van der Waals surface area (Å²) in [4.78, 5) is 21.8. The zero-order valence-corrected chi connectivity index (χ0v) is 9.14. The third kappa shape index (κ3) is 3.55. The van der Waals surface area contributed by atoms with Crippen molar-refractivity contribution >= 4 is 23.4 Å². The number of allylic oxidation sites excluding steroid dienone is 2. The van der Waals surface area contributed by atoms with Crippen LogP contribution in [0, 0.1) is 0 Å². The molecule has 0 aromatic rings. The van der Waals surface area contributed by atoms with Crippen LogP contribution in [0.25, 0.3) is 0 Å². The Morgan fingerprint density at radius 2 is 2.00 bits per heavy atom. The molecule has 0 spiro atoms. The highest BCUT2D eigenvalue weighted by molar-refractivity contribution is 6.30. The first-order valence-corrected chi connectivity index (χ1v) is 5.45. The Kier molecular flexibility index (Phi) is 4.62. The highest BCUT2D eigenvalue weighted by Gasteiger charge is 2.18. The SMILES string of the molecule is O=C(O)CNC1=C(C(=O)CCl)CCCC1. The molecule has 0 bridgehead atoms. The van der Waals surface area contributed by atoms with Crippen LogP contribution in [0.1, 0.15) is 25.7 Å². The monoisotopic (exact) mass is 231 g/mol. The van der Waals surface area contributed by atoms with Crippen LogP contribution in [-0.4, -0.2) is 29.3 Å². The van der Waals surface area contributed by atoms with Gasteiger partial charge in [-0.15, -0.1) is 11.6 Å². The highest BCUT2D eigenvalue weighted by atomic mass is 35.5. The molecule has 0 aromatic heterocycles. The number of halogens is 1. The second kappa shape index (κ2) is 5.75. The van der Waals surface area contributed by atoms with Crippen LogP contribution >= 0.6 is 11.6 Å². The molecule has 0 radical (unpaired) electrons. The number of Topliss-reactive ketones (excluding diaryl/α,β-unsaturated/α-hetero) is 1. The summed E-state index contributed by atoms with van der Waals surface area (Å²) in [5.41, 5.74) is 1.44. The van der Waals surface area contributed by atoms with Crippen molar-refractivity contribution in [3.63, 3.8) is 0 Å². The van der Waals surface area contributed by atoms with E-state index in [9.17, 15) is 9.59 Å². The van der Waals surface area contributed by atoms with Crippen LogP contribution in [0.15, 0.2) is 11.3 Å². The number of carboxylic acids is 1. The van der Waals surface area contributed by atoms with Crippen molar-refractivity contribution in [1.29, 1.82) is 0 Å². The summed E-state index contributed by atoms with van der Waals surface area (Å²) < 4.78 is 0. The van der Waals surface area contributed by atoms with Crippen LogP contribution in [0.5, 0.6) is 0 Å². The van der Waals surface area contributed by atoms with E-state index < -0.39 is 5.97 Å². The van der Waals surface area contributed by atoms with Crippen LogP contribution in [0.2, 0.25) is 0 Å². The van der Waals surface area contributed by atoms with Crippen molar-refractivity contribution in [2.24, 2.45) is 0 Å². The van der Waals surface area contributed by atoms with Gasteiger partial charge in [0.1, 0.15) is 6.54 Å². The normalized spacial score (nSPS) is 16.3. The third-order valence-corrected chi connectivity index (χ3v) is 2.62. The number of alkyl halides is 1. The Balaban J connectivity index is 2.72. The number of rotatable bonds is 5. The topological polar surface area (TPSA) is 66.4 Å². The lowest BCUT2D eigenvalue weighted by Gasteiger charge is -2.19. The van der Waals surface area contributed by atoms with Gasteiger partial charge >= 0.3 is 5.97 Å². The van der Waals surface area contributed by atoms with Gasteiger partial charge in [0.25, 0.3) is 0 Å². The van der Waals surface area contributed by atoms with Crippen molar-refractivity contribution in [2.75, 3.05) is 12.4 Å². The summed E-state index contributed by atoms with van der Waals surface area (Å²) in [6.45, 7) is -0.144. The van der Waals surface area contributed by atoms with E-state index in [1.807, 2.05) is 0 Å². The van der Waals surface area contributed by atoms with Gasteiger partial charge in [-0.3, -0.25) is 9.59 Å². The van der Waals surface area contributed by atoms with Gasteiger partial charge in [0.15, 0.2) is 5.78 Å². The number of hydrogen-bond acceptors (Lipinski definition) is 3. The average molecular weight is 232 g/mol. The minimum Gasteiger partial charge on any atom is -0.480 e. The average Bonchev–Trinajstić information content (AvgIpc) is 2.25. The van der Waals surface area contributed by atoms with Crippen molar-refractivity contribution in [1.82, 2.24) is 5.32 Å². The molecule has 0 aromatic carbocycles. The molecule has 0 saturated heterocycles. The molecular weight excluding hydrogens is 218 g/mol. The lowest BCUT2D eigenvalue weighted by Crippen LogP contribution is -2.26. The maximum absolute atomic E-state index is 11.4. The zero-order chi connectivity index (χ0) is 11.3. The number of hydrogen-bond donors (Lipinski definition) is 2. The molecular formula is C10H14ClNO3. The summed E-state index contributed by atoms with van der Waals surface area (Å²) in [7, 11) is 0. The Morgan fingerprint density at radius 3 is 2.60 bits per heavy atom. The van der Waals surface area contributed by atoms with E-state index in [0.717, 1.165) is 25.0 Å². The Hall–Kier alpha value is -1.03. The molecule has 15 heavy (non-hydrogen) atoms. The van der Waals surface area contributed by atoms with Crippen molar-refractivity contribution in [3.8, 4) is 0 Å². The van der Waals surface area contributed by atoms with Crippen LogP contribution < -0.4 is 5.32 Å². The number of ketones is 1. The Bertz CT molecular complexity index is 299. The van der Waals surface area contributed by atoms with Crippen LogP contribution in [-0.2, 0) is 9.59 Å². The van der Waals surface area contributed by atoms with Gasteiger partial charge in [-0.1, -0.05) is 0 Å². The fourth-order valence-electron chi connectivity index (χ4n) is 1.67. The number of nitrogens with one attached hydrogen (secondary N) is 1. The summed E-state index contributed by atoms with van der Waals surface area (Å²) >= 11 is 5.49. The third-order valence-electron chi connectivity index (χ3n) is 2.38. The van der Waals surface area contributed by atoms with Crippen LogP contribution in [0.3, 0.4) is 0 Å². The molecule has 0 atom stereocenters. The molecule has 0 fully saturated rings. The molecule has 0 aliphatic heterocycles. The molecule has 1 aliphatic carbocycles. The predicted molar refractivity (Wildman–Crippen MR) is 56.9 cm³/mol. The zero-order valence-electron chi connectivity index (χ0n) is 8.38. The summed E-state index contributed by atoms with van der Waals surface area (Å²) in [6.07, 6.45) is 3.40. The summed E-state index contributed by atoms with van der Waals surface area (Å²) in [6, 6.07) is 0. The number of carboxylic acid groups (broad SMARTS) is 1. The van der Waals surface area contributed by atoms with E-state index in [2.05, 4.69) is 5.32 Å². The minimum atomic E-state index is -0.925. The molecule has 1 aliphatic rings. The number of carbonyl (C=O) groups is 2. The standard InChI is InChI=1S/C10H14ClNO3/c11-5-9(13)7-3-1-2-4-8(7)12-6-10(14)15/h12H,1-6H2,(H,14,15). The quantitative estimate of drug-likeness (QED) is 0.700. The first-order valence-electron chi connectivity index (χ1n) is 4.92. The van der Waals surface area contributed by atoms with Gasteiger partial charge < -0.3 is 10.4 Å². The molecule has 0 heterocycles. The molecule has 0 saturated carbocycles. The highest BCUT2D eigenvalue weighted by Crippen LogP contribution is 2.23. The van der Waals surface area contributed by atoms with E-state index in [1.54, 1.807) is 0 Å². The first-order chi connectivity index (χ1) is 7.15. The Morgan fingerprint density at radius 1 is 1.33 bits per heavy atom. The van der Waals surface area contributed by atoms with Gasteiger partial charge in [-0.05, 0) is 25.7 Å². The largest absolute Gasteiger partial charge is 0.480 e. The van der Waals surface area contributed by atoms with Gasteiger partial charge in [0.05, 0.1) is 5.88 Å². The molecule has 1 rings (SSSR count). The van der Waals surface area contributed by atoms with Gasteiger partial charge in [0.2, 0.25) is 0 Å². The van der Waals surface area contributed by atoms with Crippen molar-refractivity contribution in [2.45, 2.75) is 25.7 Å². The van der Waals surface area contributed by atoms with Crippen molar-refractivity contribution < 1.29 is 14.7 Å². The first kappa shape index (κ1) is 12.0. The Labute approximate surface area is 93.3 Å². The molecule has 0 unspecified atom stereocenters. The fraction of sp³-hybridized carbons (Fsp3) is 0.600. The molecule has 0 amide bonds. The van der Waals surface area contributed by atoms with E-state index in [1.165, 1.54) is 0 Å². The van der Waals surface area contributed by atoms with Crippen molar-refractivity contribution in [3.05, 3.63) is 11.3 Å². The molecule has 4 nitrogen and oxygen atoms in total. The van der Waals surface area contributed by atoms with Gasteiger partial charge in [0, 0.05) is 11.3 Å². The van der Waals surface area contributed by atoms with Gasteiger partial charge in [-0.25, -0.2) is 0 Å². The fourth-order valence-corrected chi connectivity index (χ4v) is 1.83. The maximum atomic E-state index is 11.4. The van der Waals surface area contributed by atoms with Gasteiger partial charge in [-0.2, -0.15) is 0 Å². The van der Waals surface area contributed by atoms with E-state index in [-0.39, 0.29) is 18.2 Å². The smallest absolute Gasteiger partial charge is 0.322 e. The molecule has 84 valence electrons. The lowest BCUT2D eigenvalue weighted by atomic mass is 9.94. The number of aliphatic carboxylic acids is 1. The summed E-state index contributed by atoms with van der Waals surface area (Å²) in [5.74, 6) is -1.05. The molecule has 2 N–H and O–H groups in total. The maximum Gasteiger partial charge on any atom is 0.322 e. The molecule has 5 heteroatoms. The lowest BCUT2D eigenvalue weighted by molar-refractivity contribution is -0.135. The van der Waals surface area contributed by atoms with E-state index in [4.69, 9.17) is 16.7 Å². The van der Waals surface area contributed by atoms with Crippen LogP contribution in [0.4, 0.5) is 0 Å². The summed E-state index contributed by atoms with van der Waals surface area (Å²) in [5, 5.41) is 11.3.